The van der Waals surface area contributed by atoms with Crippen molar-refractivity contribution in [3.8, 4) is 0 Å². The molecule has 3 fully saturated rings. The summed E-state index contributed by atoms with van der Waals surface area (Å²) in [5.74, 6) is 0.486. The molecule has 0 radical (unpaired) electrons. The summed E-state index contributed by atoms with van der Waals surface area (Å²) >= 11 is 0. The van der Waals surface area contributed by atoms with Gasteiger partial charge in [0, 0.05) is 51.5 Å². The van der Waals surface area contributed by atoms with Crippen LogP contribution in [0.25, 0.3) is 0 Å². The lowest BCUT2D eigenvalue weighted by atomic mass is 9.81. The van der Waals surface area contributed by atoms with Gasteiger partial charge in [-0.05, 0) is 63.1 Å². The average molecular weight is 540 g/mol. The summed E-state index contributed by atoms with van der Waals surface area (Å²) in [6.45, 7) is 8.25. The molecular weight excluding hydrogens is 499 g/mol. The predicted octanol–water partition coefficient (Wildman–Crippen LogP) is 4.84. The second-order valence-electron chi connectivity index (χ2n) is 11.3. The first-order valence-electron chi connectivity index (χ1n) is 13.8. The first-order valence-corrected chi connectivity index (χ1v) is 13.8. The molecule has 7 nitrogen and oxygen atoms in total. The van der Waals surface area contributed by atoms with Gasteiger partial charge >= 0.3 is 12.3 Å². The van der Waals surface area contributed by atoms with E-state index in [1.807, 2.05) is 18.7 Å². The molecule has 1 aromatic rings. The van der Waals surface area contributed by atoms with Crippen LogP contribution in [-0.4, -0.2) is 72.8 Å². The number of rotatable bonds is 9. The van der Waals surface area contributed by atoms with Crippen molar-refractivity contribution < 1.29 is 32.2 Å². The van der Waals surface area contributed by atoms with Crippen LogP contribution in [0, 0.1) is 11.8 Å². The van der Waals surface area contributed by atoms with Crippen molar-refractivity contribution in [1.82, 2.24) is 15.1 Å². The van der Waals surface area contributed by atoms with E-state index in [2.05, 4.69) is 10.2 Å². The Labute approximate surface area is 223 Å². The van der Waals surface area contributed by atoms with Gasteiger partial charge in [-0.15, -0.1) is 0 Å². The minimum absolute atomic E-state index is 0.0242. The first kappa shape index (κ1) is 28.7. The van der Waals surface area contributed by atoms with Crippen molar-refractivity contribution in [3.63, 3.8) is 0 Å². The third-order valence-electron chi connectivity index (χ3n) is 8.04. The fourth-order valence-electron chi connectivity index (χ4n) is 5.80. The van der Waals surface area contributed by atoms with Gasteiger partial charge in [0.05, 0.1) is 24.8 Å². The first-order chi connectivity index (χ1) is 18.0. The molecule has 2 saturated heterocycles. The minimum atomic E-state index is -4.33. The highest BCUT2D eigenvalue weighted by Gasteiger charge is 2.47. The highest BCUT2D eigenvalue weighted by molar-refractivity contribution is 5.78. The number of benzene rings is 1. The smallest absolute Gasteiger partial charge is 0.416 e. The molecule has 0 unspecified atom stereocenters. The average Bonchev–Trinajstić information content (AvgIpc) is 3.17. The summed E-state index contributed by atoms with van der Waals surface area (Å²) < 4.78 is 49.8. The fraction of sp³-hybridized carbons (Fsp3) is 0.714. The Morgan fingerprint density at radius 1 is 1.13 bits per heavy atom. The largest absolute Gasteiger partial charge is 0.441 e. The van der Waals surface area contributed by atoms with Gasteiger partial charge in [0.1, 0.15) is 5.60 Å². The molecule has 1 saturated carbocycles. The number of hydrogen-bond donors (Lipinski definition) is 1. The number of likely N-dealkylation sites (tertiary alicyclic amines) is 1. The number of hydrogen-bond acceptors (Lipinski definition) is 5. The summed E-state index contributed by atoms with van der Waals surface area (Å²) in [7, 11) is 0. The third-order valence-corrected chi connectivity index (χ3v) is 8.04. The van der Waals surface area contributed by atoms with E-state index in [4.69, 9.17) is 9.47 Å². The van der Waals surface area contributed by atoms with E-state index in [0.717, 1.165) is 56.5 Å². The lowest BCUT2D eigenvalue weighted by Crippen LogP contribution is -2.46. The van der Waals surface area contributed by atoms with Crippen LogP contribution in [0.4, 0.5) is 18.0 Å². The number of nitrogens with one attached hydrogen (secondary N) is 1. The number of nitrogens with zero attached hydrogens (tertiary/aromatic N) is 2. The van der Waals surface area contributed by atoms with Crippen molar-refractivity contribution in [2.45, 2.75) is 76.8 Å². The van der Waals surface area contributed by atoms with Crippen LogP contribution in [0.5, 0.6) is 0 Å². The van der Waals surface area contributed by atoms with Crippen LogP contribution in [-0.2, 0) is 27.0 Å². The Hall–Kier alpha value is -2.33. The molecule has 1 spiro atoms. The highest BCUT2D eigenvalue weighted by Crippen LogP contribution is 2.36. The molecule has 1 aromatic carbocycles. The van der Waals surface area contributed by atoms with Crippen molar-refractivity contribution in [3.05, 3.63) is 35.4 Å². The zero-order chi connectivity index (χ0) is 27.3. The van der Waals surface area contributed by atoms with E-state index in [9.17, 15) is 22.8 Å². The van der Waals surface area contributed by atoms with Crippen LogP contribution in [0.15, 0.2) is 24.3 Å². The molecule has 1 N–H and O–H groups in total. The number of carbonyl (C=O) groups is 2. The van der Waals surface area contributed by atoms with Crippen LogP contribution < -0.4 is 5.32 Å². The maximum Gasteiger partial charge on any atom is 0.416 e. The Bertz CT molecular complexity index is 938. The van der Waals surface area contributed by atoms with E-state index >= 15 is 0 Å². The van der Waals surface area contributed by atoms with Crippen molar-refractivity contribution >= 4 is 12.0 Å². The number of amides is 2. The van der Waals surface area contributed by atoms with Gasteiger partial charge in [0.25, 0.3) is 0 Å². The monoisotopic (exact) mass is 539 g/mol. The van der Waals surface area contributed by atoms with Crippen LogP contribution in [0.1, 0.15) is 63.5 Å². The summed E-state index contributed by atoms with van der Waals surface area (Å²) in [5, 5.41) is 2.97. The van der Waals surface area contributed by atoms with Gasteiger partial charge in [-0.3, -0.25) is 9.69 Å². The van der Waals surface area contributed by atoms with E-state index in [0.29, 0.717) is 51.5 Å². The molecule has 0 atom stereocenters. The highest BCUT2D eigenvalue weighted by atomic mass is 19.4. The standard InChI is InChI=1S/C28H40F3N3O4/c1-20(2)37-16-13-32-25(35)23-7-3-22(4-8-23)18-34-19-27(38-26(34)36)11-14-33(15-12-27)17-21-5-9-24(10-6-21)28(29,30)31/h5-6,9-10,20,22-23H,3-4,7-8,11-19H2,1-2H3,(H,32,35). The normalized spacial score (nSPS) is 24.2. The lowest BCUT2D eigenvalue weighted by Gasteiger charge is -2.37. The Kier molecular flexibility index (Phi) is 9.23. The van der Waals surface area contributed by atoms with E-state index < -0.39 is 17.3 Å². The van der Waals surface area contributed by atoms with Crippen LogP contribution in [0.2, 0.25) is 0 Å². The molecule has 38 heavy (non-hydrogen) atoms. The Balaban J connectivity index is 1.17. The number of alkyl halides is 3. The number of ether oxygens (including phenoxy) is 2. The van der Waals surface area contributed by atoms with Crippen molar-refractivity contribution in [2.75, 3.05) is 39.3 Å². The van der Waals surface area contributed by atoms with Crippen molar-refractivity contribution in [2.24, 2.45) is 11.8 Å². The summed E-state index contributed by atoms with van der Waals surface area (Å²) in [4.78, 5) is 29.2. The Morgan fingerprint density at radius 3 is 2.39 bits per heavy atom. The van der Waals surface area contributed by atoms with Gasteiger partial charge in [-0.1, -0.05) is 12.1 Å². The zero-order valence-corrected chi connectivity index (χ0v) is 22.4. The lowest BCUT2D eigenvalue weighted by molar-refractivity contribution is -0.137. The molecule has 2 heterocycles. The maximum atomic E-state index is 12.8. The van der Waals surface area contributed by atoms with E-state index in [-0.39, 0.29) is 24.0 Å². The summed E-state index contributed by atoms with van der Waals surface area (Å²) in [5.41, 5.74) is -0.281. The molecule has 3 aliphatic rings. The second-order valence-corrected chi connectivity index (χ2v) is 11.3. The molecule has 4 rings (SSSR count). The fourth-order valence-corrected chi connectivity index (χ4v) is 5.80. The molecular formula is C28H40F3N3O4. The molecule has 0 aromatic heterocycles. The summed E-state index contributed by atoms with van der Waals surface area (Å²) in [6.07, 6.45) is 0.474. The summed E-state index contributed by atoms with van der Waals surface area (Å²) in [6, 6.07) is 5.31. The quantitative estimate of drug-likeness (QED) is 0.455. The van der Waals surface area contributed by atoms with E-state index in [1.54, 1.807) is 0 Å². The Morgan fingerprint density at radius 2 is 1.79 bits per heavy atom. The molecule has 2 aliphatic heterocycles. The minimum Gasteiger partial charge on any atom is -0.441 e. The van der Waals surface area contributed by atoms with Gasteiger partial charge in [0.15, 0.2) is 0 Å². The molecule has 212 valence electrons. The zero-order valence-electron chi connectivity index (χ0n) is 22.4. The molecule has 10 heteroatoms. The van der Waals surface area contributed by atoms with Gasteiger partial charge in [-0.25, -0.2) is 4.79 Å². The molecule has 2 amide bonds. The molecule has 0 bridgehead atoms. The number of piperidine rings is 1. The molecule has 1 aliphatic carbocycles. The predicted molar refractivity (Wildman–Crippen MR) is 136 cm³/mol. The van der Waals surface area contributed by atoms with Crippen molar-refractivity contribution in [1.29, 1.82) is 0 Å². The van der Waals surface area contributed by atoms with Gasteiger partial charge in [-0.2, -0.15) is 13.2 Å². The number of carbonyl (C=O) groups excluding carboxylic acids is 2. The third kappa shape index (κ3) is 7.62. The topological polar surface area (TPSA) is 71.1 Å². The van der Waals surface area contributed by atoms with Crippen LogP contribution in [0.3, 0.4) is 0 Å². The SMILES string of the molecule is CC(C)OCCNC(=O)C1CCC(CN2CC3(CCN(Cc4ccc(C(F)(F)F)cc4)CC3)OC2=O)CC1. The van der Waals surface area contributed by atoms with Gasteiger partial charge < -0.3 is 19.7 Å². The maximum absolute atomic E-state index is 12.8. The number of halogens is 3. The van der Waals surface area contributed by atoms with Crippen LogP contribution >= 0.6 is 0 Å². The van der Waals surface area contributed by atoms with Gasteiger partial charge in [0.2, 0.25) is 5.91 Å². The second kappa shape index (κ2) is 12.2. The van der Waals surface area contributed by atoms with E-state index in [1.165, 1.54) is 12.1 Å².